The van der Waals surface area contributed by atoms with Gasteiger partial charge in [-0.15, -0.1) is 0 Å². The Kier molecular flexibility index (Phi) is 10.8. The van der Waals surface area contributed by atoms with Crippen LogP contribution < -0.4 is 0 Å². The summed E-state index contributed by atoms with van der Waals surface area (Å²) in [6, 6.07) is 0. The molecule has 14 heteroatoms. The molecule has 0 atom stereocenters. The number of hydrogen-bond acceptors (Lipinski definition) is 7. The fourth-order valence-electron chi connectivity index (χ4n) is 0.183. The number of halogens is 2. The summed E-state index contributed by atoms with van der Waals surface area (Å²) in [5.74, 6) is -7.96. The first kappa shape index (κ1) is 24.7. The maximum absolute atomic E-state index is 12.1. The molecule has 0 fully saturated rings. The molecule has 0 spiro atoms. The van der Waals surface area contributed by atoms with Crippen LogP contribution in [0.3, 0.4) is 0 Å². The van der Waals surface area contributed by atoms with Gasteiger partial charge in [-0.3, -0.25) is 0 Å². The molecule has 128 valence electrons. The normalized spacial score (nSPS) is 10.1. The molecule has 0 bridgehead atoms. The smallest absolute Gasteiger partial charge is 0.478 e. The van der Waals surface area contributed by atoms with Gasteiger partial charge in [-0.1, -0.05) is 0 Å². The zero-order valence-electron chi connectivity index (χ0n) is 11.1. The Balaban J connectivity index is -0.000000266. The molecule has 0 heterocycles. The topological polar surface area (TPSA) is 210 Å². The van der Waals surface area contributed by atoms with E-state index in [2.05, 4.69) is 0 Å². The molecule has 0 aliphatic rings. The van der Waals surface area contributed by atoms with Gasteiger partial charge in [0.25, 0.3) is 11.3 Å². The summed E-state index contributed by atoms with van der Waals surface area (Å²) in [6.45, 7) is 0.940. The van der Waals surface area contributed by atoms with Crippen molar-refractivity contribution in [2.24, 2.45) is 0 Å². The molecule has 0 radical (unpaired) electrons. The molecular formula is C8H13BF2O11. The standard InChI is InChI=1S/2C4H5FO4.BH3O3/c2*1-4(5,2(6)7)3(8)9;2-1(3)4/h2*1H3,(H,6,7)(H,8,9);2-4H. The Morgan fingerprint density at radius 3 is 0.773 bits per heavy atom. The predicted octanol–water partition coefficient (Wildman–Crippen LogP) is -2.28. The second-order valence-electron chi connectivity index (χ2n) is 3.57. The molecule has 11 nitrogen and oxygen atoms in total. The minimum absolute atomic E-state index is 0.470. The molecule has 7 N–H and O–H groups in total. The Labute approximate surface area is 121 Å². The first-order valence-electron chi connectivity index (χ1n) is 4.86. The lowest BCUT2D eigenvalue weighted by Gasteiger charge is -2.06. The molecule has 0 amide bonds. The number of alkyl halides is 2. The molecule has 0 rings (SSSR count). The lowest BCUT2D eigenvalue weighted by molar-refractivity contribution is -0.166. The van der Waals surface area contributed by atoms with E-state index >= 15 is 0 Å². The first-order valence-corrected chi connectivity index (χ1v) is 4.86. The summed E-state index contributed by atoms with van der Waals surface area (Å²) in [5.41, 5.74) is -6.33. The van der Waals surface area contributed by atoms with Gasteiger partial charge in [-0.2, -0.15) is 0 Å². The van der Waals surface area contributed by atoms with Crippen LogP contribution in [-0.2, 0) is 19.2 Å². The van der Waals surface area contributed by atoms with Crippen molar-refractivity contribution in [3.63, 3.8) is 0 Å². The van der Waals surface area contributed by atoms with Gasteiger partial charge in [0.2, 0.25) is 0 Å². The lowest BCUT2D eigenvalue weighted by atomic mass is 10.1. The Hall–Kier alpha value is -2.32. The van der Waals surface area contributed by atoms with E-state index in [1.54, 1.807) is 0 Å². The predicted molar refractivity (Wildman–Crippen MR) is 62.0 cm³/mol. The van der Waals surface area contributed by atoms with E-state index < -0.39 is 42.5 Å². The Morgan fingerprint density at radius 1 is 0.682 bits per heavy atom. The second-order valence-corrected chi connectivity index (χ2v) is 3.57. The zero-order chi connectivity index (χ0) is 18.9. The van der Waals surface area contributed by atoms with Gasteiger partial charge >= 0.3 is 31.2 Å². The van der Waals surface area contributed by atoms with E-state index in [0.717, 1.165) is 0 Å². The monoisotopic (exact) mass is 334 g/mol. The van der Waals surface area contributed by atoms with Gasteiger partial charge in [0, 0.05) is 0 Å². The van der Waals surface area contributed by atoms with Gasteiger partial charge in [0.1, 0.15) is 0 Å². The van der Waals surface area contributed by atoms with Gasteiger partial charge in [0.05, 0.1) is 0 Å². The Morgan fingerprint density at radius 2 is 0.773 bits per heavy atom. The summed E-state index contributed by atoms with van der Waals surface area (Å²) in [4.78, 5) is 38.8. The summed E-state index contributed by atoms with van der Waals surface area (Å²) in [6.07, 6.45) is 0. The van der Waals surface area contributed by atoms with Gasteiger partial charge < -0.3 is 35.5 Å². The van der Waals surface area contributed by atoms with E-state index in [4.69, 9.17) is 35.5 Å². The average molecular weight is 334 g/mol. The number of carbonyl (C=O) groups is 4. The van der Waals surface area contributed by atoms with Crippen molar-refractivity contribution >= 4 is 31.2 Å². The largest absolute Gasteiger partial charge is 0.631 e. The highest BCUT2D eigenvalue weighted by atomic mass is 19.1. The van der Waals surface area contributed by atoms with Crippen LogP contribution >= 0.6 is 0 Å². The lowest BCUT2D eigenvalue weighted by Crippen LogP contribution is -2.38. The van der Waals surface area contributed by atoms with Crippen LogP contribution in [-0.4, -0.2) is 78.0 Å². The van der Waals surface area contributed by atoms with Crippen LogP contribution in [0.4, 0.5) is 8.78 Å². The fraction of sp³-hybridized carbons (Fsp3) is 0.500. The van der Waals surface area contributed by atoms with E-state index in [1.165, 1.54) is 0 Å². The minimum Gasteiger partial charge on any atom is -0.478 e. The van der Waals surface area contributed by atoms with Gasteiger partial charge in [-0.25, -0.2) is 28.0 Å². The SMILES string of the molecule is CC(F)(C(=O)O)C(=O)O.CC(F)(C(=O)O)C(=O)O.OB(O)O. The highest BCUT2D eigenvalue weighted by Crippen LogP contribution is 2.09. The third-order valence-corrected chi connectivity index (χ3v) is 1.61. The third kappa shape index (κ3) is 10.5. The molecule has 0 aliphatic heterocycles. The third-order valence-electron chi connectivity index (χ3n) is 1.61. The van der Waals surface area contributed by atoms with Crippen molar-refractivity contribution in [2.75, 3.05) is 0 Å². The minimum atomic E-state index is -3.17. The molecule has 0 aromatic carbocycles. The molecular weight excluding hydrogens is 321 g/mol. The summed E-state index contributed by atoms with van der Waals surface area (Å²) in [5, 5.41) is 52.9. The fourth-order valence-corrected chi connectivity index (χ4v) is 0.183. The van der Waals surface area contributed by atoms with E-state index in [9.17, 15) is 28.0 Å². The van der Waals surface area contributed by atoms with E-state index in [-0.39, 0.29) is 0 Å². The van der Waals surface area contributed by atoms with Crippen LogP contribution in [0, 0.1) is 0 Å². The zero-order valence-corrected chi connectivity index (χ0v) is 11.1. The van der Waals surface area contributed by atoms with Crippen molar-refractivity contribution in [1.82, 2.24) is 0 Å². The van der Waals surface area contributed by atoms with Crippen LogP contribution in [0.15, 0.2) is 0 Å². The average Bonchev–Trinajstić information content (AvgIpc) is 2.27. The summed E-state index contributed by atoms with van der Waals surface area (Å²) in [7, 11) is -2.17. The van der Waals surface area contributed by atoms with Crippen molar-refractivity contribution < 1.29 is 63.5 Å². The maximum atomic E-state index is 12.1. The second kappa shape index (κ2) is 9.59. The number of hydrogen-bond donors (Lipinski definition) is 7. The highest BCUT2D eigenvalue weighted by molar-refractivity contribution is 6.30. The molecule has 0 aliphatic carbocycles. The van der Waals surface area contributed by atoms with Crippen LogP contribution in [0.2, 0.25) is 0 Å². The molecule has 0 saturated heterocycles. The molecule has 0 unspecified atom stereocenters. The summed E-state index contributed by atoms with van der Waals surface area (Å²) >= 11 is 0. The summed E-state index contributed by atoms with van der Waals surface area (Å²) < 4.78 is 24.3. The number of rotatable bonds is 4. The van der Waals surface area contributed by atoms with Crippen molar-refractivity contribution in [1.29, 1.82) is 0 Å². The van der Waals surface area contributed by atoms with E-state index in [1.807, 2.05) is 0 Å². The van der Waals surface area contributed by atoms with Gasteiger partial charge in [0.15, 0.2) is 0 Å². The molecule has 0 saturated carbocycles. The number of carboxylic acids is 4. The quantitative estimate of drug-likeness (QED) is 0.215. The number of aliphatic carboxylic acids is 4. The molecule has 0 aromatic heterocycles. The van der Waals surface area contributed by atoms with Crippen LogP contribution in [0.25, 0.3) is 0 Å². The van der Waals surface area contributed by atoms with Crippen LogP contribution in [0.5, 0.6) is 0 Å². The molecule has 0 aromatic rings. The van der Waals surface area contributed by atoms with Gasteiger partial charge in [-0.05, 0) is 13.8 Å². The maximum Gasteiger partial charge on any atom is 0.631 e. The van der Waals surface area contributed by atoms with E-state index in [0.29, 0.717) is 13.8 Å². The van der Waals surface area contributed by atoms with Crippen molar-refractivity contribution in [3.05, 3.63) is 0 Å². The highest BCUT2D eigenvalue weighted by Gasteiger charge is 2.42. The Bertz CT molecular complexity index is 350. The van der Waals surface area contributed by atoms with Crippen molar-refractivity contribution in [2.45, 2.75) is 25.2 Å². The van der Waals surface area contributed by atoms with Crippen molar-refractivity contribution in [3.8, 4) is 0 Å². The molecule has 22 heavy (non-hydrogen) atoms. The first-order chi connectivity index (χ1) is 9.51. The number of carboxylic acid groups (broad SMARTS) is 4. The van der Waals surface area contributed by atoms with Crippen LogP contribution in [0.1, 0.15) is 13.8 Å².